The molecule has 0 saturated carbocycles. The molecule has 0 aliphatic carbocycles. The van der Waals surface area contributed by atoms with Crippen LogP contribution >= 0.6 is 0 Å². The fourth-order valence-corrected chi connectivity index (χ4v) is 1.69. The lowest BCUT2D eigenvalue weighted by atomic mass is 10.1. The van der Waals surface area contributed by atoms with Crippen LogP contribution in [0.25, 0.3) is 0 Å². The minimum atomic E-state index is -0.504. The smallest absolute Gasteiger partial charge is 0.379 e. The van der Waals surface area contributed by atoms with E-state index in [9.17, 15) is 4.79 Å². The summed E-state index contributed by atoms with van der Waals surface area (Å²) in [4.78, 5) is 11.9. The number of ether oxygens (including phenoxy) is 2. The zero-order valence-electron chi connectivity index (χ0n) is 11.2. The minimum Gasteiger partial charge on any atom is -0.452 e. The highest BCUT2D eigenvalue weighted by Gasteiger charge is 2.15. The molecule has 0 saturated heterocycles. The van der Waals surface area contributed by atoms with Gasteiger partial charge in [0.25, 0.3) is 0 Å². The molecule has 0 bridgehead atoms. The van der Waals surface area contributed by atoms with E-state index in [1.807, 2.05) is 26.0 Å². The molecule has 0 atom stereocenters. The van der Waals surface area contributed by atoms with Crippen LogP contribution in [-0.2, 0) is 11.3 Å². The predicted molar refractivity (Wildman–Crippen MR) is 70.3 cm³/mol. The summed E-state index contributed by atoms with van der Waals surface area (Å²) < 4.78 is 15.6. The van der Waals surface area contributed by atoms with Gasteiger partial charge < -0.3 is 13.9 Å². The molecule has 1 heterocycles. The van der Waals surface area contributed by atoms with Crippen molar-refractivity contribution in [2.75, 3.05) is 7.11 Å². The molecule has 1 aromatic heterocycles. The second-order valence-electron chi connectivity index (χ2n) is 4.29. The first-order chi connectivity index (χ1) is 9.11. The Morgan fingerprint density at radius 2 is 2.00 bits per heavy atom. The van der Waals surface area contributed by atoms with Gasteiger partial charge >= 0.3 is 5.97 Å². The lowest BCUT2D eigenvalue weighted by Crippen LogP contribution is -2.08. The van der Waals surface area contributed by atoms with Crippen molar-refractivity contribution in [2.45, 2.75) is 20.5 Å². The van der Waals surface area contributed by atoms with Gasteiger partial charge in [0.1, 0.15) is 18.1 Å². The molecule has 4 nitrogen and oxygen atoms in total. The van der Waals surface area contributed by atoms with Crippen molar-refractivity contribution in [3.05, 3.63) is 53.0 Å². The van der Waals surface area contributed by atoms with E-state index in [4.69, 9.17) is 13.9 Å². The van der Waals surface area contributed by atoms with Crippen molar-refractivity contribution in [3.8, 4) is 5.75 Å². The normalized spacial score (nSPS) is 10.5. The van der Waals surface area contributed by atoms with Crippen molar-refractivity contribution in [1.29, 1.82) is 0 Å². The van der Waals surface area contributed by atoms with Crippen LogP contribution < -0.4 is 4.74 Å². The summed E-state index contributed by atoms with van der Waals surface area (Å²) in [7, 11) is 1.57. The van der Waals surface area contributed by atoms with Crippen molar-refractivity contribution >= 4 is 5.97 Å². The van der Waals surface area contributed by atoms with Crippen LogP contribution in [0.2, 0.25) is 0 Å². The maximum atomic E-state index is 11.9. The predicted octanol–water partition coefficient (Wildman–Crippen LogP) is 3.26. The maximum absolute atomic E-state index is 11.9. The lowest BCUT2D eigenvalue weighted by Gasteiger charge is -2.07. The number of esters is 1. The number of carbonyl (C=O) groups is 1. The molecule has 100 valence electrons. The molecule has 2 aromatic rings. The summed E-state index contributed by atoms with van der Waals surface area (Å²) in [5.41, 5.74) is 2.02. The van der Waals surface area contributed by atoms with Crippen molar-refractivity contribution in [2.24, 2.45) is 0 Å². The maximum Gasteiger partial charge on any atom is 0.379 e. The minimum absolute atomic E-state index is 0.174. The van der Waals surface area contributed by atoms with Gasteiger partial charge in [0.2, 0.25) is 5.76 Å². The molecule has 4 heteroatoms. The van der Waals surface area contributed by atoms with Crippen LogP contribution in [0.1, 0.15) is 27.4 Å². The van der Waals surface area contributed by atoms with Crippen molar-refractivity contribution < 1.29 is 18.7 Å². The van der Waals surface area contributed by atoms with Gasteiger partial charge in [-0.2, -0.15) is 0 Å². The summed E-state index contributed by atoms with van der Waals surface area (Å²) in [6, 6.07) is 8.87. The van der Waals surface area contributed by atoms with Gasteiger partial charge in [-0.15, -0.1) is 0 Å². The second kappa shape index (κ2) is 5.71. The first-order valence-corrected chi connectivity index (χ1v) is 5.98. The fourth-order valence-electron chi connectivity index (χ4n) is 1.69. The Balaban J connectivity index is 2.14. The van der Waals surface area contributed by atoms with Crippen LogP contribution in [0.5, 0.6) is 5.75 Å². The molecule has 1 aromatic carbocycles. The van der Waals surface area contributed by atoms with Gasteiger partial charge in [-0.3, -0.25) is 0 Å². The number of carbonyl (C=O) groups excluding carboxylic acids is 1. The molecule has 0 aliphatic rings. The zero-order chi connectivity index (χ0) is 13.8. The molecule has 0 radical (unpaired) electrons. The molecule has 0 N–H and O–H groups in total. The van der Waals surface area contributed by atoms with Crippen LogP contribution in [-0.4, -0.2) is 13.1 Å². The molecule has 0 aliphatic heterocycles. The highest BCUT2D eigenvalue weighted by molar-refractivity contribution is 5.88. The van der Waals surface area contributed by atoms with Gasteiger partial charge in [-0.05, 0) is 43.2 Å². The largest absolute Gasteiger partial charge is 0.452 e. The van der Waals surface area contributed by atoms with E-state index in [1.54, 1.807) is 25.3 Å². The molecule has 0 fully saturated rings. The van der Waals surface area contributed by atoms with E-state index >= 15 is 0 Å². The van der Waals surface area contributed by atoms with Gasteiger partial charge in [-0.25, -0.2) is 4.79 Å². The Bertz CT molecular complexity index is 584. The van der Waals surface area contributed by atoms with E-state index in [0.717, 1.165) is 11.1 Å². The molecular formula is C15H16O4. The van der Waals surface area contributed by atoms with E-state index in [0.29, 0.717) is 18.1 Å². The molecule has 2 rings (SSSR count). The highest BCUT2D eigenvalue weighted by atomic mass is 16.5. The number of benzene rings is 1. The Morgan fingerprint density at radius 3 is 2.74 bits per heavy atom. The van der Waals surface area contributed by atoms with Gasteiger partial charge in [-0.1, -0.05) is 12.1 Å². The van der Waals surface area contributed by atoms with Gasteiger partial charge in [0.15, 0.2) is 0 Å². The molecule has 0 amide bonds. The Kier molecular flexibility index (Phi) is 4.02. The Morgan fingerprint density at radius 1 is 1.21 bits per heavy atom. The number of methoxy groups -OCH3 is 1. The summed E-state index contributed by atoms with van der Waals surface area (Å²) in [5.74, 6) is 0.814. The van der Waals surface area contributed by atoms with Crippen LogP contribution in [0.3, 0.4) is 0 Å². The quantitative estimate of drug-likeness (QED) is 0.625. The summed E-state index contributed by atoms with van der Waals surface area (Å²) >= 11 is 0. The van der Waals surface area contributed by atoms with E-state index < -0.39 is 5.97 Å². The SMILES string of the molecule is COCc1ccc(C(=O)Oc2cccc(C)c2C)o1. The van der Waals surface area contributed by atoms with E-state index in [-0.39, 0.29) is 5.76 Å². The van der Waals surface area contributed by atoms with Gasteiger partial charge in [0.05, 0.1) is 0 Å². The molecule has 0 spiro atoms. The van der Waals surface area contributed by atoms with Gasteiger partial charge in [0, 0.05) is 7.11 Å². The van der Waals surface area contributed by atoms with Crippen molar-refractivity contribution in [1.82, 2.24) is 0 Å². The average molecular weight is 260 g/mol. The number of furan rings is 1. The van der Waals surface area contributed by atoms with Crippen molar-refractivity contribution in [3.63, 3.8) is 0 Å². The third-order valence-corrected chi connectivity index (χ3v) is 2.91. The Labute approximate surface area is 111 Å². The lowest BCUT2D eigenvalue weighted by molar-refractivity contribution is 0.0692. The number of hydrogen-bond donors (Lipinski definition) is 0. The van der Waals surface area contributed by atoms with E-state index in [1.165, 1.54) is 0 Å². The van der Waals surface area contributed by atoms with Crippen LogP contribution in [0.15, 0.2) is 34.7 Å². The third kappa shape index (κ3) is 3.03. The standard InChI is InChI=1S/C15H16O4/c1-10-5-4-6-13(11(10)2)19-15(16)14-8-7-12(18-14)9-17-3/h4-8H,9H2,1-3H3. The molecule has 0 unspecified atom stereocenters. The summed E-state index contributed by atoms with van der Waals surface area (Å²) in [5, 5.41) is 0. The number of aryl methyl sites for hydroxylation is 1. The Hall–Kier alpha value is -2.07. The zero-order valence-corrected chi connectivity index (χ0v) is 11.2. The van der Waals surface area contributed by atoms with Crippen LogP contribution in [0.4, 0.5) is 0 Å². The monoisotopic (exact) mass is 260 g/mol. The average Bonchev–Trinajstić information content (AvgIpc) is 2.84. The first kappa shape index (κ1) is 13.4. The summed E-state index contributed by atoms with van der Waals surface area (Å²) in [6.07, 6.45) is 0. The number of rotatable bonds is 4. The summed E-state index contributed by atoms with van der Waals surface area (Å²) in [6.45, 7) is 4.21. The second-order valence-corrected chi connectivity index (χ2v) is 4.29. The first-order valence-electron chi connectivity index (χ1n) is 5.98. The fraction of sp³-hybridized carbons (Fsp3) is 0.267. The third-order valence-electron chi connectivity index (χ3n) is 2.91. The van der Waals surface area contributed by atoms with Crippen LogP contribution in [0, 0.1) is 13.8 Å². The molecule has 19 heavy (non-hydrogen) atoms. The number of hydrogen-bond acceptors (Lipinski definition) is 4. The highest BCUT2D eigenvalue weighted by Crippen LogP contribution is 2.22. The topological polar surface area (TPSA) is 48.7 Å². The molecular weight excluding hydrogens is 244 g/mol. The van der Waals surface area contributed by atoms with E-state index in [2.05, 4.69) is 0 Å².